The lowest BCUT2D eigenvalue weighted by atomic mass is 9.84. The van der Waals surface area contributed by atoms with Gasteiger partial charge in [0.25, 0.3) is 0 Å². The highest BCUT2D eigenvalue weighted by Crippen LogP contribution is 2.30. The summed E-state index contributed by atoms with van der Waals surface area (Å²) in [6.07, 6.45) is 1.61. The number of fused-ring (bicyclic) bond motifs is 1. The normalized spacial score (nSPS) is 21.4. The number of benzene rings is 1. The third-order valence-electron chi connectivity index (χ3n) is 2.48. The van der Waals surface area contributed by atoms with Crippen molar-refractivity contribution in [3.63, 3.8) is 0 Å². The number of carbonyl (C=O) groups excluding carboxylic acids is 1. The predicted molar refractivity (Wildman–Crippen MR) is 53.3 cm³/mol. The van der Waals surface area contributed by atoms with Crippen molar-refractivity contribution < 1.29 is 4.79 Å². The van der Waals surface area contributed by atoms with E-state index in [0.717, 1.165) is 17.5 Å². The molecule has 1 nitrogen and oxygen atoms in total. The van der Waals surface area contributed by atoms with Gasteiger partial charge < -0.3 is 0 Å². The lowest BCUT2D eigenvalue weighted by molar-refractivity contribution is 0.0953. The molecule has 1 aliphatic carbocycles. The molecule has 1 unspecified atom stereocenters. The average Bonchev–Trinajstić information content (AvgIpc) is 2.02. The topological polar surface area (TPSA) is 17.1 Å². The molecule has 0 bridgehead atoms. The molecule has 0 saturated carbocycles. The molecule has 1 aromatic carbocycles. The van der Waals surface area contributed by atoms with Gasteiger partial charge in [0.15, 0.2) is 5.78 Å². The minimum absolute atomic E-state index is 0.194. The summed E-state index contributed by atoms with van der Waals surface area (Å²) in [5.74, 6) is 0.651. The summed E-state index contributed by atoms with van der Waals surface area (Å²) in [4.78, 5) is 11.6. The first-order valence-corrected chi connectivity index (χ1v) is 4.87. The number of hydrogen-bond donors (Lipinski definition) is 0. The Labute approximate surface area is 82.7 Å². The van der Waals surface area contributed by atoms with Crippen LogP contribution in [0.2, 0.25) is 5.02 Å². The molecule has 0 aromatic heterocycles. The van der Waals surface area contributed by atoms with Crippen LogP contribution in [-0.2, 0) is 6.42 Å². The van der Waals surface area contributed by atoms with E-state index in [2.05, 4.69) is 6.92 Å². The van der Waals surface area contributed by atoms with E-state index in [1.165, 1.54) is 0 Å². The number of halogens is 1. The maximum absolute atomic E-state index is 11.6. The van der Waals surface area contributed by atoms with Crippen LogP contribution < -0.4 is 0 Å². The van der Waals surface area contributed by atoms with Crippen molar-refractivity contribution in [3.05, 3.63) is 34.3 Å². The van der Waals surface area contributed by atoms with E-state index >= 15 is 0 Å². The quantitative estimate of drug-likeness (QED) is 0.620. The largest absolute Gasteiger partial charge is 0.294 e. The van der Waals surface area contributed by atoms with Gasteiger partial charge in [-0.2, -0.15) is 0 Å². The van der Waals surface area contributed by atoms with Crippen LogP contribution in [0.5, 0.6) is 0 Å². The number of hydrogen-bond acceptors (Lipinski definition) is 1. The van der Waals surface area contributed by atoms with E-state index in [1.54, 1.807) is 6.07 Å². The zero-order valence-electron chi connectivity index (χ0n) is 7.51. The van der Waals surface area contributed by atoms with E-state index < -0.39 is 0 Å². The van der Waals surface area contributed by atoms with E-state index in [9.17, 15) is 4.79 Å². The Balaban J connectivity index is 2.55. The molecule has 0 saturated heterocycles. The minimum Gasteiger partial charge on any atom is -0.294 e. The van der Waals surface area contributed by atoms with Gasteiger partial charge in [-0.05, 0) is 24.0 Å². The number of rotatable bonds is 0. The van der Waals surface area contributed by atoms with E-state index in [-0.39, 0.29) is 5.78 Å². The van der Waals surface area contributed by atoms with Gasteiger partial charge in [-0.3, -0.25) is 4.79 Å². The van der Waals surface area contributed by atoms with Gasteiger partial charge in [0.2, 0.25) is 0 Å². The molecule has 0 spiro atoms. The Hall–Kier alpha value is -0.820. The molecule has 0 amide bonds. The molecule has 0 fully saturated rings. The zero-order valence-corrected chi connectivity index (χ0v) is 8.27. The second-order valence-corrected chi connectivity index (χ2v) is 4.12. The molecule has 1 aliphatic rings. The Morgan fingerprint density at radius 3 is 2.92 bits per heavy atom. The monoisotopic (exact) mass is 194 g/mol. The molecule has 0 heterocycles. The van der Waals surface area contributed by atoms with Crippen molar-refractivity contribution in [3.8, 4) is 0 Å². The summed E-state index contributed by atoms with van der Waals surface area (Å²) in [6.45, 7) is 2.10. The maximum atomic E-state index is 11.6. The summed E-state index contributed by atoms with van der Waals surface area (Å²) in [7, 11) is 0. The van der Waals surface area contributed by atoms with Gasteiger partial charge in [0.1, 0.15) is 0 Å². The Morgan fingerprint density at radius 2 is 2.15 bits per heavy atom. The zero-order chi connectivity index (χ0) is 9.42. The smallest absolute Gasteiger partial charge is 0.164 e. The minimum atomic E-state index is 0.194. The number of Topliss-reactive ketones (excluding diaryl/α,β-unsaturated/α-hetero) is 1. The second-order valence-electron chi connectivity index (χ2n) is 3.71. The van der Waals surface area contributed by atoms with Crippen molar-refractivity contribution in [1.29, 1.82) is 0 Å². The fourth-order valence-electron chi connectivity index (χ4n) is 1.92. The Kier molecular flexibility index (Phi) is 2.12. The van der Waals surface area contributed by atoms with Crippen molar-refractivity contribution in [2.75, 3.05) is 0 Å². The van der Waals surface area contributed by atoms with Gasteiger partial charge in [0.05, 0.1) is 5.02 Å². The molecule has 1 aromatic rings. The lowest BCUT2D eigenvalue weighted by Gasteiger charge is -2.20. The Bertz CT molecular complexity index is 357. The van der Waals surface area contributed by atoms with Gasteiger partial charge in [-0.15, -0.1) is 0 Å². The summed E-state index contributed by atoms with van der Waals surface area (Å²) >= 11 is 5.96. The van der Waals surface area contributed by atoms with E-state index in [4.69, 9.17) is 11.6 Å². The molecule has 68 valence electrons. The first-order chi connectivity index (χ1) is 6.18. The molecule has 13 heavy (non-hydrogen) atoms. The van der Waals surface area contributed by atoms with Gasteiger partial charge >= 0.3 is 0 Å². The Morgan fingerprint density at radius 1 is 1.38 bits per heavy atom. The summed E-state index contributed by atoms with van der Waals surface area (Å²) in [5, 5.41) is 0.606. The molecule has 2 heteroatoms. The molecule has 0 radical (unpaired) electrons. The fraction of sp³-hybridized carbons (Fsp3) is 0.364. The SMILES string of the molecule is CC1CC(=O)c2c(Cl)cccc2C1. The molecular weight excluding hydrogens is 184 g/mol. The van der Waals surface area contributed by atoms with Gasteiger partial charge in [-0.25, -0.2) is 0 Å². The van der Waals surface area contributed by atoms with Crippen molar-refractivity contribution in [2.24, 2.45) is 5.92 Å². The first-order valence-electron chi connectivity index (χ1n) is 4.49. The van der Waals surface area contributed by atoms with Crippen LogP contribution in [-0.4, -0.2) is 5.78 Å². The third kappa shape index (κ3) is 1.49. The van der Waals surface area contributed by atoms with Crippen LogP contribution in [0.3, 0.4) is 0 Å². The van der Waals surface area contributed by atoms with Crippen LogP contribution in [0.15, 0.2) is 18.2 Å². The van der Waals surface area contributed by atoms with E-state index in [1.807, 2.05) is 12.1 Å². The third-order valence-corrected chi connectivity index (χ3v) is 2.80. The standard InChI is InChI=1S/C11H11ClO/c1-7-5-8-3-2-4-9(12)11(8)10(13)6-7/h2-4,7H,5-6H2,1H3. The highest BCUT2D eigenvalue weighted by Gasteiger charge is 2.23. The molecule has 0 aliphatic heterocycles. The first kappa shape index (κ1) is 8.76. The van der Waals surface area contributed by atoms with Crippen molar-refractivity contribution in [1.82, 2.24) is 0 Å². The summed E-state index contributed by atoms with van der Waals surface area (Å²) < 4.78 is 0. The molecule has 1 atom stereocenters. The van der Waals surface area contributed by atoms with Crippen LogP contribution in [0.25, 0.3) is 0 Å². The molecule has 0 N–H and O–H groups in total. The van der Waals surface area contributed by atoms with Crippen molar-refractivity contribution >= 4 is 17.4 Å². The number of ketones is 1. The predicted octanol–water partition coefficient (Wildman–Crippen LogP) is 3.11. The van der Waals surface area contributed by atoms with Crippen molar-refractivity contribution in [2.45, 2.75) is 19.8 Å². The van der Waals surface area contributed by atoms with Crippen LogP contribution in [0.4, 0.5) is 0 Å². The fourth-order valence-corrected chi connectivity index (χ4v) is 2.22. The average molecular weight is 195 g/mol. The number of carbonyl (C=O) groups is 1. The van der Waals surface area contributed by atoms with Crippen LogP contribution >= 0.6 is 11.6 Å². The molecular formula is C11H11ClO. The van der Waals surface area contributed by atoms with Gasteiger partial charge in [0, 0.05) is 12.0 Å². The van der Waals surface area contributed by atoms with E-state index in [0.29, 0.717) is 17.4 Å². The van der Waals surface area contributed by atoms with Gasteiger partial charge in [-0.1, -0.05) is 30.7 Å². The highest BCUT2D eigenvalue weighted by atomic mass is 35.5. The maximum Gasteiger partial charge on any atom is 0.164 e. The summed E-state index contributed by atoms with van der Waals surface area (Å²) in [6, 6.07) is 5.69. The van der Waals surface area contributed by atoms with Crippen LogP contribution in [0, 0.1) is 5.92 Å². The summed E-state index contributed by atoms with van der Waals surface area (Å²) in [5.41, 5.74) is 1.86. The second kappa shape index (κ2) is 3.15. The lowest BCUT2D eigenvalue weighted by Crippen LogP contribution is -2.18. The van der Waals surface area contributed by atoms with Crippen LogP contribution in [0.1, 0.15) is 29.3 Å². The highest BCUT2D eigenvalue weighted by molar-refractivity contribution is 6.34. The molecule has 2 rings (SSSR count).